The zero-order valence-electron chi connectivity index (χ0n) is 21.5. The number of carbonyl (C=O) groups is 4. The fourth-order valence-electron chi connectivity index (χ4n) is 6.13. The van der Waals surface area contributed by atoms with E-state index < -0.39 is 47.2 Å². The summed E-state index contributed by atoms with van der Waals surface area (Å²) in [5.74, 6) is -6.70. The third-order valence-electron chi connectivity index (χ3n) is 8.53. The van der Waals surface area contributed by atoms with E-state index in [-0.39, 0.29) is 54.0 Å². The number of piperidine rings is 2. The first-order chi connectivity index (χ1) is 16.5. The van der Waals surface area contributed by atoms with Crippen LogP contribution in [0.1, 0.15) is 54.4 Å². The smallest absolute Gasteiger partial charge is 0.321 e. The number of nitriles is 1. The molecule has 3 N–H and O–H groups in total. The molecule has 0 unspecified atom stereocenters. The van der Waals surface area contributed by atoms with Gasteiger partial charge in [0.05, 0.1) is 6.07 Å². The highest BCUT2D eigenvalue weighted by Crippen LogP contribution is 2.65. The normalized spacial score (nSPS) is 33.4. The summed E-state index contributed by atoms with van der Waals surface area (Å²) in [6, 6.07) is -0.840. The van der Waals surface area contributed by atoms with Crippen molar-refractivity contribution in [2.45, 2.75) is 84.5 Å². The van der Waals surface area contributed by atoms with Gasteiger partial charge in [0.15, 0.2) is 0 Å². The Balaban J connectivity index is 1.52. The average molecular weight is 508 g/mol. The lowest BCUT2D eigenvalue weighted by atomic mass is 9.85. The van der Waals surface area contributed by atoms with E-state index in [1.807, 2.05) is 13.8 Å². The Labute approximate surface area is 209 Å². The van der Waals surface area contributed by atoms with Crippen molar-refractivity contribution in [2.24, 2.45) is 34.5 Å². The van der Waals surface area contributed by atoms with Gasteiger partial charge in [-0.2, -0.15) is 14.0 Å². The summed E-state index contributed by atoms with van der Waals surface area (Å²) in [7, 11) is 0. The molecule has 2 saturated carbocycles. The van der Waals surface area contributed by atoms with E-state index >= 15 is 0 Å². The van der Waals surface area contributed by atoms with Crippen molar-refractivity contribution in [1.82, 2.24) is 20.9 Å². The number of hydrogen-bond acceptors (Lipinski definition) is 5. The third kappa shape index (κ3) is 4.55. The van der Waals surface area contributed by atoms with E-state index in [2.05, 4.69) is 22.0 Å². The maximum absolute atomic E-state index is 13.6. The molecule has 0 aromatic rings. The molecule has 2 heterocycles. The second-order valence-corrected chi connectivity index (χ2v) is 12.6. The first-order valence-electron chi connectivity index (χ1n) is 12.5. The van der Waals surface area contributed by atoms with Gasteiger partial charge in [-0.15, -0.1) is 0 Å². The molecule has 2 aliphatic carbocycles. The molecule has 2 aliphatic heterocycles. The van der Waals surface area contributed by atoms with Crippen molar-refractivity contribution in [1.29, 1.82) is 5.26 Å². The first kappa shape index (κ1) is 26.3. The van der Waals surface area contributed by atoms with E-state index in [1.165, 1.54) is 4.90 Å². The number of hydrogen-bond donors (Lipinski definition) is 3. The number of nitrogens with one attached hydrogen (secondary N) is 3. The van der Waals surface area contributed by atoms with E-state index in [0.29, 0.717) is 6.92 Å². The van der Waals surface area contributed by atoms with Crippen LogP contribution < -0.4 is 16.0 Å². The van der Waals surface area contributed by atoms with Crippen LogP contribution in [0.4, 0.5) is 8.78 Å². The molecule has 11 heteroatoms. The Morgan fingerprint density at radius 1 is 1.22 bits per heavy atom. The molecule has 4 rings (SSSR count). The zero-order valence-corrected chi connectivity index (χ0v) is 21.5. The summed E-state index contributed by atoms with van der Waals surface area (Å²) in [6.07, 6.45) is 1.07. The maximum Gasteiger partial charge on any atom is 0.321 e. The summed E-state index contributed by atoms with van der Waals surface area (Å²) in [5.41, 5.74) is -1.10. The van der Waals surface area contributed by atoms with Gasteiger partial charge in [-0.3, -0.25) is 19.2 Å². The van der Waals surface area contributed by atoms with Crippen LogP contribution in [-0.2, 0) is 19.2 Å². The van der Waals surface area contributed by atoms with Crippen LogP contribution in [0.3, 0.4) is 0 Å². The van der Waals surface area contributed by atoms with Crippen molar-refractivity contribution in [3.8, 4) is 6.07 Å². The van der Waals surface area contributed by atoms with Crippen LogP contribution in [0.2, 0.25) is 0 Å². The number of fused-ring (bicyclic) bond motifs is 2. The topological polar surface area (TPSA) is 131 Å². The molecule has 2 saturated heterocycles. The van der Waals surface area contributed by atoms with Gasteiger partial charge >= 0.3 is 5.92 Å². The predicted molar refractivity (Wildman–Crippen MR) is 124 cm³/mol. The molecule has 0 radical (unpaired) electrons. The Morgan fingerprint density at radius 2 is 1.86 bits per heavy atom. The van der Waals surface area contributed by atoms with Gasteiger partial charge in [0, 0.05) is 25.4 Å². The van der Waals surface area contributed by atoms with Crippen LogP contribution in [0, 0.1) is 45.8 Å². The molecule has 198 valence electrons. The maximum atomic E-state index is 13.6. The van der Waals surface area contributed by atoms with Gasteiger partial charge in [0.2, 0.25) is 17.7 Å². The van der Waals surface area contributed by atoms with Crippen LogP contribution in [0.5, 0.6) is 0 Å². The fourth-order valence-corrected chi connectivity index (χ4v) is 6.13. The van der Waals surface area contributed by atoms with Gasteiger partial charge in [-0.25, -0.2) is 0 Å². The Bertz CT molecular complexity index is 1030. The van der Waals surface area contributed by atoms with E-state index in [4.69, 9.17) is 0 Å². The summed E-state index contributed by atoms with van der Waals surface area (Å²) >= 11 is 0. The van der Waals surface area contributed by atoms with E-state index in [9.17, 15) is 33.2 Å². The molecule has 4 amide bonds. The number of nitrogens with zero attached hydrogens (tertiary/aromatic N) is 2. The highest BCUT2D eigenvalue weighted by atomic mass is 19.3. The molecule has 4 fully saturated rings. The Morgan fingerprint density at radius 3 is 2.36 bits per heavy atom. The number of carbonyl (C=O) groups excluding carboxylic acids is 4. The molecular weight excluding hydrogens is 472 g/mol. The number of likely N-dealkylation sites (tertiary alicyclic amines) is 1. The number of alkyl halides is 2. The van der Waals surface area contributed by atoms with Crippen molar-refractivity contribution < 1.29 is 28.0 Å². The molecule has 0 aromatic carbocycles. The Kier molecular flexibility index (Phi) is 6.12. The lowest BCUT2D eigenvalue weighted by Crippen LogP contribution is -2.61. The Hall–Kier alpha value is -2.77. The van der Waals surface area contributed by atoms with Crippen LogP contribution >= 0.6 is 0 Å². The number of halogens is 2. The monoisotopic (exact) mass is 507 g/mol. The van der Waals surface area contributed by atoms with Gasteiger partial charge in [0.1, 0.15) is 18.1 Å². The minimum absolute atomic E-state index is 0.0366. The van der Waals surface area contributed by atoms with Crippen LogP contribution in [-0.4, -0.2) is 65.2 Å². The molecule has 36 heavy (non-hydrogen) atoms. The second-order valence-electron chi connectivity index (χ2n) is 12.6. The number of amides is 4. The molecule has 0 bridgehead atoms. The van der Waals surface area contributed by atoms with E-state index in [0.717, 1.165) is 6.42 Å². The fraction of sp³-hybridized carbons (Fsp3) is 0.800. The molecule has 0 aromatic heterocycles. The second kappa shape index (κ2) is 8.38. The van der Waals surface area contributed by atoms with Gasteiger partial charge in [0.25, 0.3) is 5.91 Å². The average Bonchev–Trinajstić information content (AvgIpc) is 3.47. The van der Waals surface area contributed by atoms with Gasteiger partial charge in [-0.05, 0) is 41.4 Å². The number of rotatable bonds is 7. The van der Waals surface area contributed by atoms with Crippen molar-refractivity contribution in [3.63, 3.8) is 0 Å². The molecule has 0 spiro atoms. The van der Waals surface area contributed by atoms with Crippen LogP contribution in [0.25, 0.3) is 0 Å². The quantitative estimate of drug-likeness (QED) is 0.476. The van der Waals surface area contributed by atoms with Crippen molar-refractivity contribution >= 4 is 23.6 Å². The van der Waals surface area contributed by atoms with Crippen LogP contribution in [0.15, 0.2) is 0 Å². The van der Waals surface area contributed by atoms with Gasteiger partial charge in [-0.1, -0.05) is 34.6 Å². The minimum atomic E-state index is -3.66. The SMILES string of the molecule is CC(F)(F)C(=O)N[C@H](C(=O)N1C[C@H]2[C@@H]([C@H]1C(=O)N[C@H](C#N)C[C@H]1C(=O)N[C@H]3C[C@H]31)C2(C)C)C(C)(C)C. The summed E-state index contributed by atoms with van der Waals surface area (Å²) in [5, 5.41) is 17.5. The zero-order chi connectivity index (χ0) is 27.0. The first-order valence-corrected chi connectivity index (χ1v) is 12.5. The molecule has 4 aliphatic rings. The largest absolute Gasteiger partial charge is 0.353 e. The van der Waals surface area contributed by atoms with Crippen molar-refractivity contribution in [3.05, 3.63) is 0 Å². The predicted octanol–water partition coefficient (Wildman–Crippen LogP) is 1.19. The molecular formula is C25H35F2N5O4. The minimum Gasteiger partial charge on any atom is -0.353 e. The highest BCUT2D eigenvalue weighted by Gasteiger charge is 2.70. The van der Waals surface area contributed by atoms with Crippen molar-refractivity contribution in [2.75, 3.05) is 6.54 Å². The summed E-state index contributed by atoms with van der Waals surface area (Å²) < 4.78 is 27.3. The van der Waals surface area contributed by atoms with E-state index in [1.54, 1.807) is 20.8 Å². The molecule has 8 atom stereocenters. The van der Waals surface area contributed by atoms with Gasteiger partial charge < -0.3 is 20.9 Å². The molecule has 9 nitrogen and oxygen atoms in total. The summed E-state index contributed by atoms with van der Waals surface area (Å²) in [6.45, 7) is 9.69. The standard InChI is InChI=1S/C25H35F2N5O4/c1-23(2,3)18(31-22(36)25(6,26)27)21(35)32-10-14-16(24(14,4)5)17(32)20(34)29-11(9-28)7-13-12-8-15(12)30-19(13)33/h11-18H,7-8,10H2,1-6H3,(H,29,34)(H,30,33)(H,31,36)/t11-,12-,13+,14-,15-,16-,17-,18+/m0/s1. The summed E-state index contributed by atoms with van der Waals surface area (Å²) in [4.78, 5) is 52.7. The highest BCUT2D eigenvalue weighted by molar-refractivity contribution is 5.95. The lowest BCUT2D eigenvalue weighted by molar-refractivity contribution is -0.151. The lowest BCUT2D eigenvalue weighted by Gasteiger charge is -2.38. The third-order valence-corrected chi connectivity index (χ3v) is 8.53.